The molecule has 0 saturated carbocycles. The van der Waals surface area contributed by atoms with Crippen molar-refractivity contribution in [3.63, 3.8) is 0 Å². The van der Waals surface area contributed by atoms with Crippen molar-refractivity contribution in [2.75, 3.05) is 58.4 Å². The van der Waals surface area contributed by atoms with E-state index in [4.69, 9.17) is 21.1 Å². The second-order valence-corrected chi connectivity index (χ2v) is 9.56. The van der Waals surface area contributed by atoms with E-state index < -0.39 is 5.82 Å². The van der Waals surface area contributed by atoms with E-state index in [9.17, 15) is 4.39 Å². The molecule has 35 heavy (non-hydrogen) atoms. The molecule has 9 heteroatoms. The number of halogens is 2. The van der Waals surface area contributed by atoms with Gasteiger partial charge in [0.25, 0.3) is 0 Å². The first-order valence-electron chi connectivity index (χ1n) is 11.9. The van der Waals surface area contributed by atoms with Crippen LogP contribution in [0, 0.1) is 5.82 Å². The molecular weight excluding hydrogens is 469 g/mol. The minimum atomic E-state index is -0.461. The first-order chi connectivity index (χ1) is 16.8. The number of ether oxygens (including phenoxy) is 2. The Labute approximate surface area is 211 Å². The average molecular weight is 502 g/mol. The van der Waals surface area contributed by atoms with E-state index in [-0.39, 0.29) is 10.6 Å². The molecule has 1 aliphatic rings. The minimum absolute atomic E-state index is 0.0541. The van der Waals surface area contributed by atoms with Gasteiger partial charge >= 0.3 is 0 Å². The Balaban J connectivity index is 1.68. The van der Waals surface area contributed by atoms with Crippen molar-refractivity contribution in [2.24, 2.45) is 0 Å². The molecule has 0 aliphatic carbocycles. The van der Waals surface area contributed by atoms with Crippen molar-refractivity contribution < 1.29 is 13.9 Å². The molecule has 1 fully saturated rings. The summed E-state index contributed by atoms with van der Waals surface area (Å²) in [6, 6.07) is 8.62. The van der Waals surface area contributed by atoms with Crippen molar-refractivity contribution in [3.05, 3.63) is 53.1 Å². The van der Waals surface area contributed by atoms with Crippen molar-refractivity contribution in [2.45, 2.75) is 26.3 Å². The van der Waals surface area contributed by atoms with Gasteiger partial charge in [0.1, 0.15) is 23.7 Å². The van der Waals surface area contributed by atoms with Crippen LogP contribution in [0.25, 0.3) is 10.9 Å². The second kappa shape index (κ2) is 11.0. The normalized spacial score (nSPS) is 15.5. The Hall–Kier alpha value is -2.52. The zero-order chi connectivity index (χ0) is 25.0. The highest BCUT2D eigenvalue weighted by atomic mass is 35.5. The minimum Gasteiger partial charge on any atom is -0.493 e. The summed E-state index contributed by atoms with van der Waals surface area (Å²) in [6.07, 6.45) is 1.51. The highest BCUT2D eigenvalue weighted by Crippen LogP contribution is 2.39. The number of rotatable bonds is 9. The molecule has 1 aliphatic heterocycles. The number of piperazine rings is 1. The van der Waals surface area contributed by atoms with Crippen molar-refractivity contribution in [1.29, 1.82) is 0 Å². The monoisotopic (exact) mass is 501 g/mol. The largest absolute Gasteiger partial charge is 0.493 e. The Bertz CT molecular complexity index is 1170. The maximum Gasteiger partial charge on any atom is 0.141 e. The summed E-state index contributed by atoms with van der Waals surface area (Å²) in [4.78, 5) is 13.9. The van der Waals surface area contributed by atoms with Gasteiger partial charge in [0.2, 0.25) is 0 Å². The fourth-order valence-electron chi connectivity index (χ4n) is 4.57. The number of anilines is 2. The maximum absolute atomic E-state index is 13.6. The molecule has 0 unspecified atom stereocenters. The van der Waals surface area contributed by atoms with Crippen LogP contribution in [0.2, 0.25) is 5.02 Å². The number of benzene rings is 2. The maximum atomic E-state index is 13.6. The Morgan fingerprint density at radius 3 is 2.57 bits per heavy atom. The Morgan fingerprint density at radius 1 is 1.11 bits per heavy atom. The van der Waals surface area contributed by atoms with Crippen molar-refractivity contribution >= 4 is 34.0 Å². The summed E-state index contributed by atoms with van der Waals surface area (Å²) < 4.78 is 25.0. The summed E-state index contributed by atoms with van der Waals surface area (Å²) in [6.45, 7) is 12.6. The number of hydrogen-bond donors (Lipinski definition) is 1. The number of aromatic nitrogens is 2. The van der Waals surface area contributed by atoms with Crippen LogP contribution in [0.4, 0.5) is 15.9 Å². The molecule has 0 spiro atoms. The van der Waals surface area contributed by atoms with Gasteiger partial charge in [-0.2, -0.15) is 0 Å². The third-order valence-corrected chi connectivity index (χ3v) is 6.94. The van der Waals surface area contributed by atoms with Gasteiger partial charge in [-0.15, -0.1) is 0 Å². The summed E-state index contributed by atoms with van der Waals surface area (Å²) in [5.41, 5.74) is 2.21. The molecular formula is C26H33ClFN5O2. The third kappa shape index (κ3) is 5.67. The van der Waals surface area contributed by atoms with Crippen molar-refractivity contribution in [3.8, 4) is 5.75 Å². The zero-order valence-corrected chi connectivity index (χ0v) is 21.5. The van der Waals surface area contributed by atoms with Gasteiger partial charge in [0.15, 0.2) is 0 Å². The van der Waals surface area contributed by atoms with Gasteiger partial charge in [-0.05, 0) is 45.0 Å². The molecule has 1 N–H and O–H groups in total. The molecule has 4 rings (SSSR count). The number of nitrogens with zero attached hydrogens (tertiary/aromatic N) is 4. The molecule has 0 bridgehead atoms. The molecule has 2 heterocycles. The summed E-state index contributed by atoms with van der Waals surface area (Å²) in [7, 11) is 1.74. The number of nitrogens with one attached hydrogen (secondary N) is 1. The van der Waals surface area contributed by atoms with E-state index in [0.717, 1.165) is 61.5 Å². The van der Waals surface area contributed by atoms with Crippen LogP contribution in [0.5, 0.6) is 5.75 Å². The molecule has 7 nitrogen and oxygen atoms in total. The van der Waals surface area contributed by atoms with Crippen LogP contribution in [-0.4, -0.2) is 72.8 Å². The molecule has 3 aromatic rings. The van der Waals surface area contributed by atoms with Gasteiger partial charge < -0.3 is 14.8 Å². The standard InChI is InChI=1S/C26H33ClFN5O2/c1-5-35-24-16-23-19(25(30-17-29-23)31-18-6-7-22(28)21(27)14-18)15-20(24)26(2,3)33-10-8-32(9-11-33)12-13-34-4/h6-7,14-17H,5,8-13H2,1-4H3,(H,29,30,31). The van der Waals surface area contributed by atoms with Crippen LogP contribution < -0.4 is 10.1 Å². The fourth-order valence-corrected chi connectivity index (χ4v) is 4.75. The molecule has 0 amide bonds. The topological polar surface area (TPSA) is 62.8 Å². The van der Waals surface area contributed by atoms with Gasteiger partial charge in [0.05, 0.1) is 23.8 Å². The lowest BCUT2D eigenvalue weighted by Crippen LogP contribution is -2.53. The van der Waals surface area contributed by atoms with Gasteiger partial charge in [0, 0.05) is 68.1 Å². The third-order valence-electron chi connectivity index (χ3n) is 6.65. The van der Waals surface area contributed by atoms with E-state index in [2.05, 4.69) is 45.0 Å². The average Bonchev–Trinajstić information content (AvgIpc) is 2.85. The number of hydrogen-bond acceptors (Lipinski definition) is 7. The van der Waals surface area contributed by atoms with E-state index in [0.29, 0.717) is 18.1 Å². The molecule has 0 atom stereocenters. The smallest absolute Gasteiger partial charge is 0.141 e. The first kappa shape index (κ1) is 25.6. The highest BCUT2D eigenvalue weighted by molar-refractivity contribution is 6.31. The Morgan fingerprint density at radius 2 is 1.89 bits per heavy atom. The lowest BCUT2D eigenvalue weighted by molar-refractivity contribution is 0.0384. The molecule has 0 radical (unpaired) electrons. The van der Waals surface area contributed by atoms with E-state index in [1.807, 2.05) is 13.0 Å². The van der Waals surface area contributed by atoms with Crippen LogP contribution in [-0.2, 0) is 10.3 Å². The quantitative estimate of drug-likeness (QED) is 0.439. The van der Waals surface area contributed by atoms with Gasteiger partial charge in [-0.1, -0.05) is 11.6 Å². The summed E-state index contributed by atoms with van der Waals surface area (Å²) in [5, 5.41) is 4.19. The fraction of sp³-hybridized carbons (Fsp3) is 0.462. The van der Waals surface area contributed by atoms with Crippen molar-refractivity contribution in [1.82, 2.24) is 19.8 Å². The first-order valence-corrected chi connectivity index (χ1v) is 12.3. The number of fused-ring (bicyclic) bond motifs is 1. The Kier molecular flexibility index (Phi) is 8.06. The molecule has 2 aromatic carbocycles. The van der Waals surface area contributed by atoms with Crippen LogP contribution in [0.1, 0.15) is 26.3 Å². The lowest BCUT2D eigenvalue weighted by atomic mass is 9.89. The van der Waals surface area contributed by atoms with Gasteiger partial charge in [-0.25, -0.2) is 14.4 Å². The molecule has 1 aromatic heterocycles. The van der Waals surface area contributed by atoms with E-state index in [1.54, 1.807) is 19.2 Å². The lowest BCUT2D eigenvalue weighted by Gasteiger charge is -2.44. The highest BCUT2D eigenvalue weighted by Gasteiger charge is 2.34. The SMILES string of the molecule is CCOc1cc2ncnc(Nc3ccc(F)c(Cl)c3)c2cc1C(C)(C)N1CCN(CCOC)CC1. The zero-order valence-electron chi connectivity index (χ0n) is 20.8. The second-order valence-electron chi connectivity index (χ2n) is 9.16. The van der Waals surface area contributed by atoms with Gasteiger partial charge in [-0.3, -0.25) is 9.80 Å². The summed E-state index contributed by atoms with van der Waals surface area (Å²) in [5.74, 6) is 0.987. The van der Waals surface area contributed by atoms with E-state index in [1.165, 1.54) is 12.4 Å². The molecule has 188 valence electrons. The van der Waals surface area contributed by atoms with Crippen LogP contribution >= 0.6 is 11.6 Å². The molecule has 1 saturated heterocycles. The van der Waals surface area contributed by atoms with Crippen LogP contribution in [0.3, 0.4) is 0 Å². The predicted molar refractivity (Wildman–Crippen MR) is 138 cm³/mol. The number of methoxy groups -OCH3 is 1. The van der Waals surface area contributed by atoms with E-state index >= 15 is 0 Å². The summed E-state index contributed by atoms with van der Waals surface area (Å²) >= 11 is 5.98. The predicted octanol–water partition coefficient (Wildman–Crippen LogP) is 5.06. The van der Waals surface area contributed by atoms with Crippen LogP contribution in [0.15, 0.2) is 36.7 Å².